The fraction of sp³-hybridized carbons (Fsp3) is 0.318. The second kappa shape index (κ2) is 7.57. The fourth-order valence-corrected chi connectivity index (χ4v) is 5.15. The molecule has 0 saturated carbocycles. The number of hydrogen-bond donors (Lipinski definition) is 2. The third-order valence-electron chi connectivity index (χ3n) is 5.95. The zero-order chi connectivity index (χ0) is 19.8. The monoisotopic (exact) mass is 406 g/mol. The molecule has 0 aliphatic carbocycles. The van der Waals surface area contributed by atoms with Gasteiger partial charge in [0.25, 0.3) is 11.8 Å². The number of nitrogens with zero attached hydrogens (tertiary/aromatic N) is 2. The first kappa shape index (κ1) is 18.3. The number of nitrogens with one attached hydrogen (secondary N) is 2. The molecule has 3 aliphatic rings. The minimum absolute atomic E-state index is 0.141. The number of pyridine rings is 1. The van der Waals surface area contributed by atoms with Gasteiger partial charge in [-0.2, -0.15) is 0 Å². The molecule has 1 aromatic carbocycles. The molecule has 6 nitrogen and oxygen atoms in total. The molecule has 7 heteroatoms. The number of benzene rings is 1. The van der Waals surface area contributed by atoms with E-state index in [4.69, 9.17) is 0 Å². The average molecular weight is 407 g/mol. The van der Waals surface area contributed by atoms with E-state index in [2.05, 4.69) is 20.5 Å². The van der Waals surface area contributed by atoms with Crippen molar-refractivity contribution in [3.05, 3.63) is 59.2 Å². The molecule has 3 aliphatic heterocycles. The lowest BCUT2D eigenvalue weighted by atomic mass is 9.84. The second-order valence-electron chi connectivity index (χ2n) is 7.75. The SMILES string of the molecule is O=C(Nc1csc2cnc(C(=O)N[C@H]3CN4CCC3CC4)cc12)c1ccccc1. The Hall–Kier alpha value is -2.77. The van der Waals surface area contributed by atoms with Crippen LogP contribution in [0.5, 0.6) is 0 Å². The van der Waals surface area contributed by atoms with Gasteiger partial charge in [0.05, 0.1) is 10.4 Å². The van der Waals surface area contributed by atoms with Gasteiger partial charge in [0.15, 0.2) is 0 Å². The van der Waals surface area contributed by atoms with E-state index in [0.717, 1.165) is 42.6 Å². The number of rotatable bonds is 4. The minimum Gasteiger partial charge on any atom is -0.346 e. The Morgan fingerprint density at radius 2 is 1.90 bits per heavy atom. The third kappa shape index (κ3) is 3.63. The molecule has 148 valence electrons. The Labute approximate surface area is 172 Å². The maximum absolute atomic E-state index is 12.8. The summed E-state index contributed by atoms with van der Waals surface area (Å²) in [6.07, 6.45) is 4.01. The van der Waals surface area contributed by atoms with Crippen LogP contribution in [-0.4, -0.2) is 47.4 Å². The third-order valence-corrected chi connectivity index (χ3v) is 6.88. The van der Waals surface area contributed by atoms with E-state index in [1.807, 2.05) is 23.6 Å². The lowest BCUT2D eigenvalue weighted by Crippen LogP contribution is -2.57. The first-order chi connectivity index (χ1) is 14.2. The van der Waals surface area contributed by atoms with Crippen LogP contribution in [0.3, 0.4) is 0 Å². The molecular formula is C22H22N4O2S. The predicted octanol–water partition coefficient (Wildman–Crippen LogP) is 3.37. The first-order valence-electron chi connectivity index (χ1n) is 9.94. The second-order valence-corrected chi connectivity index (χ2v) is 8.66. The van der Waals surface area contributed by atoms with Gasteiger partial charge in [-0.3, -0.25) is 9.59 Å². The lowest BCUT2D eigenvalue weighted by Gasteiger charge is -2.44. The highest BCUT2D eigenvalue weighted by Crippen LogP contribution is 2.31. The van der Waals surface area contributed by atoms with Crippen LogP contribution in [0.1, 0.15) is 33.7 Å². The molecule has 2 aromatic heterocycles. The van der Waals surface area contributed by atoms with Crippen molar-refractivity contribution in [2.75, 3.05) is 25.0 Å². The molecule has 3 fully saturated rings. The van der Waals surface area contributed by atoms with E-state index in [-0.39, 0.29) is 17.9 Å². The summed E-state index contributed by atoms with van der Waals surface area (Å²) in [7, 11) is 0. The van der Waals surface area contributed by atoms with E-state index in [1.54, 1.807) is 24.4 Å². The number of hydrogen-bond acceptors (Lipinski definition) is 5. The average Bonchev–Trinajstić information content (AvgIpc) is 3.17. The summed E-state index contributed by atoms with van der Waals surface area (Å²) in [6, 6.07) is 11.1. The van der Waals surface area contributed by atoms with E-state index in [1.165, 1.54) is 11.3 Å². The minimum atomic E-state index is -0.166. The zero-order valence-electron chi connectivity index (χ0n) is 15.9. The summed E-state index contributed by atoms with van der Waals surface area (Å²) in [4.78, 5) is 32.1. The van der Waals surface area contributed by atoms with Crippen LogP contribution in [0.25, 0.3) is 10.1 Å². The number of amides is 2. The maximum Gasteiger partial charge on any atom is 0.270 e. The molecule has 29 heavy (non-hydrogen) atoms. The summed E-state index contributed by atoms with van der Waals surface area (Å²) in [6.45, 7) is 3.21. The number of piperidine rings is 3. The van der Waals surface area contributed by atoms with Crippen molar-refractivity contribution < 1.29 is 9.59 Å². The first-order valence-corrected chi connectivity index (χ1v) is 10.8. The number of carbonyl (C=O) groups is 2. The molecule has 0 unspecified atom stereocenters. The van der Waals surface area contributed by atoms with Crippen molar-refractivity contribution in [1.29, 1.82) is 0 Å². The molecule has 3 aromatic rings. The highest BCUT2D eigenvalue weighted by molar-refractivity contribution is 7.17. The predicted molar refractivity (Wildman–Crippen MR) is 114 cm³/mol. The fourth-order valence-electron chi connectivity index (χ4n) is 4.31. The van der Waals surface area contributed by atoms with Gasteiger partial charge in [-0.05, 0) is 50.0 Å². The van der Waals surface area contributed by atoms with Gasteiger partial charge in [-0.25, -0.2) is 4.98 Å². The normalized spacial score (nSPS) is 23.1. The van der Waals surface area contributed by atoms with Gasteiger partial charge in [0, 0.05) is 35.1 Å². The van der Waals surface area contributed by atoms with Gasteiger partial charge in [0.1, 0.15) is 5.69 Å². The molecule has 0 radical (unpaired) electrons. The highest BCUT2D eigenvalue weighted by atomic mass is 32.1. The van der Waals surface area contributed by atoms with Crippen LogP contribution in [-0.2, 0) is 0 Å². The van der Waals surface area contributed by atoms with Crippen molar-refractivity contribution in [3.63, 3.8) is 0 Å². The molecule has 2 N–H and O–H groups in total. The molecular weight excluding hydrogens is 384 g/mol. The van der Waals surface area contributed by atoms with Gasteiger partial charge in [-0.1, -0.05) is 18.2 Å². The number of aromatic nitrogens is 1. The summed E-state index contributed by atoms with van der Waals surface area (Å²) in [5, 5.41) is 8.87. The van der Waals surface area contributed by atoms with E-state index >= 15 is 0 Å². The molecule has 0 spiro atoms. The van der Waals surface area contributed by atoms with Gasteiger partial charge in [0.2, 0.25) is 0 Å². The van der Waals surface area contributed by atoms with E-state index < -0.39 is 0 Å². The van der Waals surface area contributed by atoms with Crippen LogP contribution in [0.4, 0.5) is 5.69 Å². The lowest BCUT2D eigenvalue weighted by molar-refractivity contribution is 0.0618. The quantitative estimate of drug-likeness (QED) is 0.697. The van der Waals surface area contributed by atoms with Gasteiger partial charge < -0.3 is 15.5 Å². The van der Waals surface area contributed by atoms with Crippen molar-refractivity contribution in [3.8, 4) is 0 Å². The van der Waals surface area contributed by atoms with Gasteiger partial charge in [-0.15, -0.1) is 11.3 Å². The summed E-state index contributed by atoms with van der Waals surface area (Å²) in [5.74, 6) is 0.257. The summed E-state index contributed by atoms with van der Waals surface area (Å²) < 4.78 is 0.938. The van der Waals surface area contributed by atoms with Gasteiger partial charge >= 0.3 is 0 Å². The van der Waals surface area contributed by atoms with Crippen molar-refractivity contribution in [2.45, 2.75) is 18.9 Å². The summed E-state index contributed by atoms with van der Waals surface area (Å²) in [5.41, 5.74) is 1.70. The standard InChI is InChI=1S/C22H22N4O2S/c27-21(15-4-2-1-3-5-15)25-19-13-29-20-11-23-17(10-16(19)20)22(28)24-18-12-26-8-6-14(18)7-9-26/h1-5,10-11,13-14,18H,6-9,12H2,(H,24,28)(H,25,27)/t18-/m0/s1. The van der Waals surface area contributed by atoms with Crippen LogP contribution in [0.15, 0.2) is 48.0 Å². The number of anilines is 1. The van der Waals surface area contributed by atoms with Crippen LogP contribution >= 0.6 is 11.3 Å². The topological polar surface area (TPSA) is 74.3 Å². The van der Waals surface area contributed by atoms with Crippen molar-refractivity contribution in [2.24, 2.45) is 5.92 Å². The number of carbonyl (C=O) groups excluding carboxylic acids is 2. The summed E-state index contributed by atoms with van der Waals surface area (Å²) >= 11 is 1.50. The Morgan fingerprint density at radius 3 is 2.62 bits per heavy atom. The van der Waals surface area contributed by atoms with Crippen molar-refractivity contribution >= 4 is 38.9 Å². The molecule has 6 rings (SSSR count). The molecule has 5 heterocycles. The van der Waals surface area contributed by atoms with E-state index in [0.29, 0.717) is 22.9 Å². The highest BCUT2D eigenvalue weighted by Gasteiger charge is 2.35. The smallest absolute Gasteiger partial charge is 0.270 e. The Morgan fingerprint density at radius 1 is 1.10 bits per heavy atom. The van der Waals surface area contributed by atoms with Crippen LogP contribution in [0.2, 0.25) is 0 Å². The zero-order valence-corrected chi connectivity index (χ0v) is 16.7. The maximum atomic E-state index is 12.8. The molecule has 2 bridgehead atoms. The largest absolute Gasteiger partial charge is 0.346 e. The number of thiophene rings is 1. The van der Waals surface area contributed by atoms with Crippen LogP contribution < -0.4 is 10.6 Å². The molecule has 2 amide bonds. The number of fused-ring (bicyclic) bond motifs is 4. The molecule has 3 saturated heterocycles. The Bertz CT molecular complexity index is 1060. The van der Waals surface area contributed by atoms with Crippen molar-refractivity contribution in [1.82, 2.24) is 15.2 Å². The Kier molecular flexibility index (Phi) is 4.77. The Balaban J connectivity index is 1.35. The van der Waals surface area contributed by atoms with E-state index in [9.17, 15) is 9.59 Å². The van der Waals surface area contributed by atoms with Crippen LogP contribution in [0, 0.1) is 5.92 Å². The molecule has 1 atom stereocenters.